The van der Waals surface area contributed by atoms with Gasteiger partial charge in [0.15, 0.2) is 0 Å². The van der Waals surface area contributed by atoms with Gasteiger partial charge < -0.3 is 5.73 Å². The van der Waals surface area contributed by atoms with Crippen molar-refractivity contribution in [1.29, 1.82) is 0 Å². The van der Waals surface area contributed by atoms with Gasteiger partial charge in [-0.2, -0.15) is 0 Å². The van der Waals surface area contributed by atoms with Crippen molar-refractivity contribution in [3.8, 4) is 0 Å². The first-order chi connectivity index (χ1) is 7.08. The van der Waals surface area contributed by atoms with Crippen LogP contribution in [0.5, 0.6) is 0 Å². The molecule has 2 rings (SSSR count). The predicted molar refractivity (Wildman–Crippen MR) is 64.8 cm³/mol. The molecule has 0 amide bonds. The highest BCUT2D eigenvalue weighted by molar-refractivity contribution is 5.38. The monoisotopic (exact) mass is 203 g/mol. The minimum Gasteiger partial charge on any atom is -0.324 e. The molecular formula is C14H21N. The molecule has 1 aromatic carbocycles. The standard InChI is InChI=1S/C14H21N/c1-9(2)6-11-4-5-12-7-10(3)14(15)13(12)8-11/h4-5,8-10,14H,6-7,15H2,1-3H3. The molecule has 15 heavy (non-hydrogen) atoms. The Balaban J connectivity index is 2.27. The lowest BCUT2D eigenvalue weighted by Crippen LogP contribution is -2.13. The molecule has 0 fully saturated rings. The Bertz CT molecular complexity index is 354. The number of benzene rings is 1. The summed E-state index contributed by atoms with van der Waals surface area (Å²) in [6.45, 7) is 6.76. The Morgan fingerprint density at radius 1 is 1.40 bits per heavy atom. The van der Waals surface area contributed by atoms with Crippen LogP contribution < -0.4 is 5.73 Å². The van der Waals surface area contributed by atoms with E-state index in [2.05, 4.69) is 39.0 Å². The molecule has 0 saturated heterocycles. The first-order valence-electron chi connectivity index (χ1n) is 5.95. The van der Waals surface area contributed by atoms with E-state index in [1.807, 2.05) is 0 Å². The normalized spacial score (nSPS) is 24.6. The first kappa shape index (κ1) is 10.7. The molecule has 0 bridgehead atoms. The molecule has 0 aromatic heterocycles. The number of fused-ring (bicyclic) bond motifs is 1. The van der Waals surface area contributed by atoms with Crippen LogP contribution in [0.25, 0.3) is 0 Å². The van der Waals surface area contributed by atoms with Crippen LogP contribution >= 0.6 is 0 Å². The topological polar surface area (TPSA) is 26.0 Å². The lowest BCUT2D eigenvalue weighted by molar-refractivity contribution is 0.513. The summed E-state index contributed by atoms with van der Waals surface area (Å²) in [5, 5.41) is 0. The van der Waals surface area contributed by atoms with E-state index in [4.69, 9.17) is 5.73 Å². The smallest absolute Gasteiger partial charge is 0.0326 e. The average molecular weight is 203 g/mol. The number of hydrogen-bond acceptors (Lipinski definition) is 1. The zero-order valence-electron chi connectivity index (χ0n) is 9.96. The molecule has 0 radical (unpaired) electrons. The van der Waals surface area contributed by atoms with Gasteiger partial charge in [0.2, 0.25) is 0 Å². The van der Waals surface area contributed by atoms with E-state index >= 15 is 0 Å². The summed E-state index contributed by atoms with van der Waals surface area (Å²) in [6.07, 6.45) is 2.31. The Hall–Kier alpha value is -0.820. The van der Waals surface area contributed by atoms with Crippen LogP contribution in [-0.4, -0.2) is 0 Å². The molecule has 0 saturated carbocycles. The van der Waals surface area contributed by atoms with Crippen molar-refractivity contribution in [3.05, 3.63) is 34.9 Å². The molecule has 2 atom stereocenters. The van der Waals surface area contributed by atoms with Crippen molar-refractivity contribution < 1.29 is 0 Å². The van der Waals surface area contributed by atoms with Crippen molar-refractivity contribution in [3.63, 3.8) is 0 Å². The molecule has 1 aliphatic carbocycles. The quantitative estimate of drug-likeness (QED) is 0.785. The van der Waals surface area contributed by atoms with E-state index in [0.29, 0.717) is 5.92 Å². The molecule has 2 unspecified atom stereocenters. The molecule has 1 aromatic rings. The first-order valence-corrected chi connectivity index (χ1v) is 5.95. The van der Waals surface area contributed by atoms with E-state index in [1.165, 1.54) is 16.7 Å². The van der Waals surface area contributed by atoms with Gasteiger partial charge in [0.1, 0.15) is 0 Å². The Morgan fingerprint density at radius 2 is 2.13 bits per heavy atom. The van der Waals surface area contributed by atoms with E-state index in [9.17, 15) is 0 Å². The Morgan fingerprint density at radius 3 is 2.80 bits per heavy atom. The Labute approximate surface area is 92.7 Å². The Kier molecular flexibility index (Phi) is 2.83. The van der Waals surface area contributed by atoms with Gasteiger partial charge in [-0.15, -0.1) is 0 Å². The maximum Gasteiger partial charge on any atom is 0.0326 e. The summed E-state index contributed by atoms with van der Waals surface area (Å²) in [5.74, 6) is 1.33. The van der Waals surface area contributed by atoms with Crippen LogP contribution in [0.2, 0.25) is 0 Å². The van der Waals surface area contributed by atoms with E-state index in [-0.39, 0.29) is 6.04 Å². The second-order valence-corrected chi connectivity index (χ2v) is 5.34. The van der Waals surface area contributed by atoms with Gasteiger partial charge in [-0.05, 0) is 41.4 Å². The fourth-order valence-corrected chi connectivity index (χ4v) is 2.52. The highest BCUT2D eigenvalue weighted by atomic mass is 14.7. The summed E-state index contributed by atoms with van der Waals surface area (Å²) < 4.78 is 0. The van der Waals surface area contributed by atoms with Gasteiger partial charge in [-0.25, -0.2) is 0 Å². The third kappa shape index (κ3) is 2.07. The zero-order valence-corrected chi connectivity index (χ0v) is 9.96. The van der Waals surface area contributed by atoms with Crippen molar-refractivity contribution in [2.24, 2.45) is 17.6 Å². The van der Waals surface area contributed by atoms with Crippen LogP contribution in [0.1, 0.15) is 43.5 Å². The summed E-state index contributed by atoms with van der Waals surface area (Å²) in [6, 6.07) is 7.12. The van der Waals surface area contributed by atoms with Crippen molar-refractivity contribution in [2.45, 2.75) is 39.7 Å². The summed E-state index contributed by atoms with van der Waals surface area (Å²) in [4.78, 5) is 0. The van der Waals surface area contributed by atoms with Gasteiger partial charge >= 0.3 is 0 Å². The predicted octanol–water partition coefficient (Wildman–Crippen LogP) is 3.08. The fraction of sp³-hybridized carbons (Fsp3) is 0.571. The fourth-order valence-electron chi connectivity index (χ4n) is 2.52. The van der Waals surface area contributed by atoms with Crippen molar-refractivity contribution in [2.75, 3.05) is 0 Å². The van der Waals surface area contributed by atoms with Gasteiger partial charge in [-0.3, -0.25) is 0 Å². The number of rotatable bonds is 2. The van der Waals surface area contributed by atoms with Crippen LogP contribution in [-0.2, 0) is 12.8 Å². The van der Waals surface area contributed by atoms with E-state index in [1.54, 1.807) is 0 Å². The lowest BCUT2D eigenvalue weighted by atomic mass is 9.98. The van der Waals surface area contributed by atoms with Gasteiger partial charge in [0, 0.05) is 6.04 Å². The average Bonchev–Trinajstić information content (AvgIpc) is 2.43. The molecule has 2 N–H and O–H groups in total. The van der Waals surface area contributed by atoms with Crippen LogP contribution in [0.4, 0.5) is 0 Å². The minimum absolute atomic E-state index is 0.257. The molecule has 0 heterocycles. The van der Waals surface area contributed by atoms with E-state index in [0.717, 1.165) is 18.8 Å². The highest BCUT2D eigenvalue weighted by Gasteiger charge is 2.26. The number of nitrogens with two attached hydrogens (primary N) is 1. The minimum atomic E-state index is 0.257. The maximum atomic E-state index is 6.19. The summed E-state index contributed by atoms with van der Waals surface area (Å²) in [5.41, 5.74) is 10.5. The third-order valence-electron chi connectivity index (χ3n) is 3.37. The van der Waals surface area contributed by atoms with Crippen molar-refractivity contribution in [1.82, 2.24) is 0 Å². The number of hydrogen-bond donors (Lipinski definition) is 1. The molecule has 82 valence electrons. The molecule has 0 spiro atoms. The zero-order chi connectivity index (χ0) is 11.0. The second-order valence-electron chi connectivity index (χ2n) is 5.34. The third-order valence-corrected chi connectivity index (χ3v) is 3.37. The van der Waals surface area contributed by atoms with Crippen LogP contribution in [0, 0.1) is 11.8 Å². The largest absolute Gasteiger partial charge is 0.324 e. The van der Waals surface area contributed by atoms with Gasteiger partial charge in [-0.1, -0.05) is 39.0 Å². The molecular weight excluding hydrogens is 182 g/mol. The highest BCUT2D eigenvalue weighted by Crippen LogP contribution is 2.34. The summed E-state index contributed by atoms with van der Waals surface area (Å²) >= 11 is 0. The maximum absolute atomic E-state index is 6.19. The second kappa shape index (κ2) is 3.97. The van der Waals surface area contributed by atoms with Gasteiger partial charge in [0.05, 0.1) is 0 Å². The lowest BCUT2D eigenvalue weighted by Gasteiger charge is -2.11. The molecule has 1 nitrogen and oxygen atoms in total. The summed E-state index contributed by atoms with van der Waals surface area (Å²) in [7, 11) is 0. The molecule has 1 aliphatic rings. The van der Waals surface area contributed by atoms with E-state index < -0.39 is 0 Å². The molecule has 0 aliphatic heterocycles. The van der Waals surface area contributed by atoms with Crippen LogP contribution in [0.3, 0.4) is 0 Å². The SMILES string of the molecule is CC(C)Cc1ccc2c(c1)C(N)C(C)C2. The molecule has 1 heteroatoms. The van der Waals surface area contributed by atoms with Crippen molar-refractivity contribution >= 4 is 0 Å². The van der Waals surface area contributed by atoms with Crippen LogP contribution in [0.15, 0.2) is 18.2 Å². The van der Waals surface area contributed by atoms with Gasteiger partial charge in [0.25, 0.3) is 0 Å².